The Morgan fingerprint density at radius 3 is 2.02 bits per heavy atom. The summed E-state index contributed by atoms with van der Waals surface area (Å²) in [5.41, 5.74) is 4.99. The lowest BCUT2D eigenvalue weighted by Crippen LogP contribution is -2.37. The van der Waals surface area contributed by atoms with E-state index in [4.69, 9.17) is 4.74 Å². The third kappa shape index (κ3) is 8.79. The quantitative estimate of drug-likeness (QED) is 0.101. The first-order valence-corrected chi connectivity index (χ1v) is 20.1. The van der Waals surface area contributed by atoms with Gasteiger partial charge >= 0.3 is 11.9 Å². The fourth-order valence-electron chi connectivity index (χ4n) is 6.61. The van der Waals surface area contributed by atoms with Crippen LogP contribution in [0.2, 0.25) is 0 Å². The number of carbonyl (C=O) groups excluding carboxylic acids is 3. The van der Waals surface area contributed by atoms with Crippen LogP contribution >= 0.6 is 11.3 Å². The number of sulfonamides is 1. The number of nitrogens with one attached hydrogen (secondary N) is 2. The van der Waals surface area contributed by atoms with E-state index in [9.17, 15) is 32.7 Å². The second kappa shape index (κ2) is 16.7. The number of ether oxygens (including phenoxy) is 1. The highest BCUT2D eigenvalue weighted by Gasteiger charge is 2.30. The number of nitrogens with zero attached hydrogens (tertiary/aromatic N) is 1. The summed E-state index contributed by atoms with van der Waals surface area (Å²) in [6, 6.07) is 25.7. The van der Waals surface area contributed by atoms with Crippen LogP contribution in [0, 0.1) is 0 Å². The van der Waals surface area contributed by atoms with Gasteiger partial charge < -0.3 is 20.5 Å². The molecule has 0 bridgehead atoms. The average molecular weight is 780 g/mol. The first-order chi connectivity index (χ1) is 26.3. The minimum Gasteiger partial charge on any atom is -0.478 e. The van der Waals surface area contributed by atoms with Gasteiger partial charge in [-0.25, -0.2) is 18.0 Å². The highest BCUT2D eigenvalue weighted by Crippen LogP contribution is 2.39. The maximum absolute atomic E-state index is 14.0. The molecule has 6 rings (SSSR count). The van der Waals surface area contributed by atoms with E-state index in [0.717, 1.165) is 53.7 Å². The third-order valence-electron chi connectivity index (χ3n) is 9.41. The molecule has 4 aromatic carbocycles. The number of hydrogen-bond acceptors (Lipinski definition) is 8. The lowest BCUT2D eigenvalue weighted by Gasteiger charge is -2.28. The van der Waals surface area contributed by atoms with Crippen molar-refractivity contribution in [1.29, 1.82) is 0 Å². The highest BCUT2D eigenvalue weighted by molar-refractivity contribution is 7.92. The number of carbonyl (C=O) groups is 4. The van der Waals surface area contributed by atoms with Gasteiger partial charge in [0.1, 0.15) is 5.00 Å². The summed E-state index contributed by atoms with van der Waals surface area (Å²) in [5.74, 6) is -2.40. The van der Waals surface area contributed by atoms with Crippen molar-refractivity contribution in [3.8, 4) is 0 Å². The fourth-order valence-corrected chi connectivity index (χ4v) is 9.60. The molecule has 0 aliphatic heterocycles. The molecule has 55 heavy (non-hydrogen) atoms. The summed E-state index contributed by atoms with van der Waals surface area (Å²) >= 11 is 1.37. The molecule has 5 aromatic rings. The molecule has 0 atom stereocenters. The first kappa shape index (κ1) is 38.9. The molecule has 11 nitrogen and oxygen atoms in total. The monoisotopic (exact) mass is 779 g/mol. The van der Waals surface area contributed by atoms with Crippen molar-refractivity contribution in [1.82, 2.24) is 0 Å². The number of thiophene rings is 1. The smallest absolute Gasteiger partial charge is 0.337 e. The van der Waals surface area contributed by atoms with Gasteiger partial charge in [0, 0.05) is 22.2 Å². The fraction of sp³-hybridized carbons (Fsp3) is 0.238. The number of carboxylic acid groups (broad SMARTS) is 1. The number of carboxylic acids is 1. The largest absolute Gasteiger partial charge is 0.478 e. The molecule has 2 amide bonds. The molecular formula is C42H41N3O8S2. The molecule has 1 aliphatic carbocycles. The predicted octanol–water partition coefficient (Wildman–Crippen LogP) is 8.01. The van der Waals surface area contributed by atoms with E-state index < -0.39 is 27.9 Å². The Bertz CT molecular complexity index is 2330. The van der Waals surface area contributed by atoms with Gasteiger partial charge in [-0.2, -0.15) is 0 Å². The minimum absolute atomic E-state index is 0.0266. The van der Waals surface area contributed by atoms with Crippen LogP contribution in [0.1, 0.15) is 89.7 Å². The van der Waals surface area contributed by atoms with Gasteiger partial charge in [0.05, 0.1) is 34.4 Å². The summed E-state index contributed by atoms with van der Waals surface area (Å²) in [4.78, 5) is 51.7. The predicted molar refractivity (Wildman–Crippen MR) is 213 cm³/mol. The number of hydrogen-bond donors (Lipinski definition) is 3. The van der Waals surface area contributed by atoms with Gasteiger partial charge in [-0.3, -0.25) is 13.9 Å². The van der Waals surface area contributed by atoms with Crippen LogP contribution in [0.3, 0.4) is 0 Å². The topological polar surface area (TPSA) is 159 Å². The Balaban J connectivity index is 1.17. The van der Waals surface area contributed by atoms with E-state index in [-0.39, 0.29) is 33.6 Å². The molecule has 3 N–H and O–H groups in total. The van der Waals surface area contributed by atoms with E-state index in [1.165, 1.54) is 71.3 Å². The molecule has 284 valence electrons. The van der Waals surface area contributed by atoms with E-state index in [1.54, 1.807) is 26.0 Å². The number of amides is 2. The molecule has 0 saturated carbocycles. The van der Waals surface area contributed by atoms with Crippen molar-refractivity contribution >= 4 is 61.5 Å². The van der Waals surface area contributed by atoms with Crippen molar-refractivity contribution in [2.24, 2.45) is 0 Å². The summed E-state index contributed by atoms with van der Waals surface area (Å²) < 4.78 is 33.9. The van der Waals surface area contributed by atoms with Crippen LogP contribution in [-0.4, -0.2) is 50.4 Å². The number of methoxy groups -OCH3 is 1. The third-order valence-corrected chi connectivity index (χ3v) is 12.6. The van der Waals surface area contributed by atoms with Crippen molar-refractivity contribution in [3.63, 3.8) is 0 Å². The molecule has 0 radical (unpaired) electrons. The molecule has 1 heterocycles. The van der Waals surface area contributed by atoms with Crippen LogP contribution in [0.5, 0.6) is 0 Å². The number of benzene rings is 4. The van der Waals surface area contributed by atoms with Crippen LogP contribution in [0.25, 0.3) is 0 Å². The van der Waals surface area contributed by atoms with Crippen molar-refractivity contribution in [2.45, 2.75) is 63.3 Å². The maximum atomic E-state index is 14.0. The van der Waals surface area contributed by atoms with Crippen LogP contribution in [0.15, 0.2) is 102 Å². The van der Waals surface area contributed by atoms with Crippen molar-refractivity contribution in [3.05, 3.63) is 141 Å². The number of aromatic carboxylic acids is 1. The summed E-state index contributed by atoms with van der Waals surface area (Å²) in [6.45, 7) is 3.41. The van der Waals surface area contributed by atoms with Gasteiger partial charge in [0.15, 0.2) is 0 Å². The minimum atomic E-state index is -4.17. The zero-order chi connectivity index (χ0) is 39.3. The second-order valence-electron chi connectivity index (χ2n) is 13.5. The Morgan fingerprint density at radius 2 is 1.40 bits per heavy atom. The van der Waals surface area contributed by atoms with Crippen LogP contribution < -0.4 is 14.9 Å². The normalized spacial score (nSPS) is 12.4. The Kier molecular flexibility index (Phi) is 11.8. The number of fused-ring (bicyclic) bond motifs is 1. The molecule has 1 aromatic heterocycles. The Morgan fingerprint density at radius 1 is 0.782 bits per heavy atom. The van der Waals surface area contributed by atoms with Gasteiger partial charge in [-0.15, -0.1) is 11.3 Å². The highest BCUT2D eigenvalue weighted by atomic mass is 32.2. The van der Waals surface area contributed by atoms with E-state index in [1.807, 2.05) is 36.4 Å². The average Bonchev–Trinajstić information content (AvgIpc) is 3.55. The van der Waals surface area contributed by atoms with E-state index in [2.05, 4.69) is 10.6 Å². The molecule has 0 fully saturated rings. The standard InChI is InChI=1S/C42H41N3O8S2/c1-26(2)45(33-23-19-29(20-24-33)41(48)49)55(51,52)34-8-6-7-31(25-34)38(46)44-40-37(35-9-4-5-10-36(35)54-40)39(47)43-32-21-15-28(16-22-32)12-11-27-13-17-30(18-14-27)42(50)53-3/h6-8,13-26H,4-5,9-12H2,1-3H3,(H,43,47)(H,44,46)(H,48,49). The lowest BCUT2D eigenvalue weighted by molar-refractivity contribution is 0.0599. The van der Waals surface area contributed by atoms with Crippen LogP contribution in [-0.2, 0) is 40.4 Å². The number of aryl methyl sites for hydroxylation is 3. The molecule has 0 unspecified atom stereocenters. The molecule has 1 aliphatic rings. The van der Waals surface area contributed by atoms with Crippen molar-refractivity contribution < 1.29 is 37.4 Å². The summed E-state index contributed by atoms with van der Waals surface area (Å²) in [6.07, 6.45) is 4.92. The maximum Gasteiger partial charge on any atom is 0.337 e. The Hall–Kier alpha value is -5.79. The second-order valence-corrected chi connectivity index (χ2v) is 16.4. The van der Waals surface area contributed by atoms with E-state index >= 15 is 0 Å². The van der Waals surface area contributed by atoms with Crippen LogP contribution in [0.4, 0.5) is 16.4 Å². The summed E-state index contributed by atoms with van der Waals surface area (Å²) in [5, 5.41) is 15.6. The first-order valence-electron chi connectivity index (χ1n) is 17.9. The Labute approximate surface area is 324 Å². The number of anilines is 3. The molecule has 0 saturated heterocycles. The van der Waals surface area contributed by atoms with Gasteiger partial charge in [0.25, 0.3) is 21.8 Å². The van der Waals surface area contributed by atoms with Gasteiger partial charge in [-0.05, 0) is 136 Å². The SMILES string of the molecule is COC(=O)c1ccc(CCc2ccc(NC(=O)c3c(NC(=O)c4cccc(S(=O)(=O)N(c5ccc(C(=O)O)cc5)C(C)C)c4)sc4c3CCCC4)cc2)cc1. The number of esters is 1. The van der Waals surface area contributed by atoms with E-state index in [0.29, 0.717) is 28.2 Å². The van der Waals surface area contributed by atoms with Gasteiger partial charge in [0.2, 0.25) is 0 Å². The molecule has 13 heteroatoms. The molecule has 0 spiro atoms. The van der Waals surface area contributed by atoms with Gasteiger partial charge in [-0.1, -0.05) is 30.3 Å². The molecular weight excluding hydrogens is 739 g/mol. The summed E-state index contributed by atoms with van der Waals surface area (Å²) in [7, 11) is -2.82. The lowest BCUT2D eigenvalue weighted by atomic mass is 9.95. The zero-order valence-electron chi connectivity index (χ0n) is 30.6. The van der Waals surface area contributed by atoms with Crippen molar-refractivity contribution in [2.75, 3.05) is 22.0 Å². The number of rotatable bonds is 13. The zero-order valence-corrected chi connectivity index (χ0v) is 32.3.